The van der Waals surface area contributed by atoms with E-state index >= 15 is 0 Å². The lowest BCUT2D eigenvalue weighted by atomic mass is 10.2. The maximum absolute atomic E-state index is 6.20. The number of hydrogen-bond acceptors (Lipinski definition) is 4. The van der Waals surface area contributed by atoms with Gasteiger partial charge >= 0.3 is 0 Å². The van der Waals surface area contributed by atoms with E-state index < -0.39 is 0 Å². The molecular weight excluding hydrogens is 268 g/mol. The maximum atomic E-state index is 6.20. The molecule has 0 aliphatic rings. The molecule has 3 rings (SSSR count). The lowest BCUT2D eigenvalue weighted by Gasteiger charge is -2.03. The van der Waals surface area contributed by atoms with Gasteiger partial charge in [-0.05, 0) is 12.1 Å². The van der Waals surface area contributed by atoms with Crippen LogP contribution in [0.5, 0.6) is 0 Å². The third kappa shape index (κ3) is 1.90. The van der Waals surface area contributed by atoms with Gasteiger partial charge in [0, 0.05) is 18.8 Å². The first-order valence-electron chi connectivity index (χ1n) is 5.44. The number of nitrogens with zero attached hydrogens (tertiary/aromatic N) is 3. The minimum atomic E-state index is -0.257. The highest BCUT2D eigenvalue weighted by Crippen LogP contribution is 2.32. The molecule has 0 radical (unpaired) electrons. The molecular formula is C12H11ClN4S. The van der Waals surface area contributed by atoms with Crippen molar-refractivity contribution in [3.8, 4) is 0 Å². The largest absolute Gasteiger partial charge is 0.318 e. The summed E-state index contributed by atoms with van der Waals surface area (Å²) in [6, 6.07) is 5.44. The van der Waals surface area contributed by atoms with E-state index in [1.165, 1.54) is 11.3 Å². The van der Waals surface area contributed by atoms with E-state index in [0.717, 1.165) is 25.8 Å². The van der Waals surface area contributed by atoms with Crippen molar-refractivity contribution in [2.45, 2.75) is 6.04 Å². The molecule has 2 N–H and O–H groups in total. The Kier molecular flexibility index (Phi) is 2.81. The number of aryl methyl sites for hydroxylation is 1. The number of aromatic nitrogens is 3. The van der Waals surface area contributed by atoms with Gasteiger partial charge in [-0.25, -0.2) is 4.98 Å². The molecule has 3 aromatic rings. The van der Waals surface area contributed by atoms with Crippen LogP contribution in [0, 0.1) is 0 Å². The van der Waals surface area contributed by atoms with Gasteiger partial charge in [-0.3, -0.25) is 4.68 Å². The first kappa shape index (κ1) is 11.6. The van der Waals surface area contributed by atoms with Gasteiger partial charge in [0.05, 0.1) is 27.5 Å². The van der Waals surface area contributed by atoms with Crippen molar-refractivity contribution in [2.75, 3.05) is 0 Å². The van der Waals surface area contributed by atoms with Crippen molar-refractivity contribution >= 4 is 33.2 Å². The zero-order valence-electron chi connectivity index (χ0n) is 9.67. The van der Waals surface area contributed by atoms with Crippen LogP contribution < -0.4 is 5.73 Å². The fraction of sp³-hybridized carbons (Fsp3) is 0.167. The van der Waals surface area contributed by atoms with Gasteiger partial charge in [0.1, 0.15) is 5.01 Å². The third-order valence-electron chi connectivity index (χ3n) is 2.73. The van der Waals surface area contributed by atoms with Gasteiger partial charge in [0.15, 0.2) is 0 Å². The SMILES string of the molecule is Cn1cc(C(N)c2nc3cccc(Cl)c3s2)cn1. The summed E-state index contributed by atoms with van der Waals surface area (Å²) in [5.74, 6) is 0. The zero-order chi connectivity index (χ0) is 12.7. The predicted molar refractivity (Wildman–Crippen MR) is 73.9 cm³/mol. The standard InChI is InChI=1S/C12H11ClN4S/c1-17-6-7(5-15-17)10(14)12-16-9-4-2-3-8(13)11(9)18-12/h2-6,10H,14H2,1H3. The molecule has 0 aliphatic heterocycles. The monoisotopic (exact) mass is 278 g/mol. The molecule has 0 fully saturated rings. The Morgan fingerprint density at radius 2 is 2.28 bits per heavy atom. The van der Waals surface area contributed by atoms with Crippen molar-refractivity contribution in [3.63, 3.8) is 0 Å². The van der Waals surface area contributed by atoms with Crippen LogP contribution >= 0.6 is 22.9 Å². The van der Waals surface area contributed by atoms with Crippen LogP contribution in [-0.2, 0) is 7.05 Å². The summed E-state index contributed by atoms with van der Waals surface area (Å²) in [6.45, 7) is 0. The fourth-order valence-electron chi connectivity index (χ4n) is 1.81. The first-order chi connectivity index (χ1) is 8.65. The molecule has 0 saturated carbocycles. The van der Waals surface area contributed by atoms with E-state index in [9.17, 15) is 0 Å². The quantitative estimate of drug-likeness (QED) is 0.784. The first-order valence-corrected chi connectivity index (χ1v) is 6.63. The minimum Gasteiger partial charge on any atom is -0.318 e. The number of fused-ring (bicyclic) bond motifs is 1. The molecule has 1 unspecified atom stereocenters. The van der Waals surface area contributed by atoms with E-state index in [0.29, 0.717) is 0 Å². The van der Waals surface area contributed by atoms with Gasteiger partial charge in [-0.2, -0.15) is 5.10 Å². The average molecular weight is 279 g/mol. The molecule has 0 bridgehead atoms. The van der Waals surface area contributed by atoms with Crippen LogP contribution in [0.4, 0.5) is 0 Å². The molecule has 0 saturated heterocycles. The molecule has 6 heteroatoms. The van der Waals surface area contributed by atoms with Crippen LogP contribution in [0.25, 0.3) is 10.2 Å². The number of nitrogens with two attached hydrogens (primary N) is 1. The third-order valence-corrected chi connectivity index (χ3v) is 4.35. The van der Waals surface area contributed by atoms with E-state index in [2.05, 4.69) is 10.1 Å². The van der Waals surface area contributed by atoms with Crippen molar-refractivity contribution in [1.82, 2.24) is 14.8 Å². The van der Waals surface area contributed by atoms with Gasteiger partial charge < -0.3 is 5.73 Å². The second-order valence-electron chi connectivity index (χ2n) is 4.07. The highest BCUT2D eigenvalue weighted by atomic mass is 35.5. The van der Waals surface area contributed by atoms with Crippen LogP contribution in [0.2, 0.25) is 5.02 Å². The topological polar surface area (TPSA) is 56.7 Å². The highest BCUT2D eigenvalue weighted by Gasteiger charge is 2.16. The molecule has 2 heterocycles. The molecule has 92 valence electrons. The van der Waals surface area contributed by atoms with E-state index in [-0.39, 0.29) is 6.04 Å². The summed E-state index contributed by atoms with van der Waals surface area (Å²) >= 11 is 7.67. The Hall–Kier alpha value is -1.43. The Morgan fingerprint density at radius 1 is 1.44 bits per heavy atom. The molecule has 0 aliphatic carbocycles. The van der Waals surface area contributed by atoms with Crippen LogP contribution in [0.15, 0.2) is 30.6 Å². The molecule has 18 heavy (non-hydrogen) atoms. The zero-order valence-corrected chi connectivity index (χ0v) is 11.2. The molecule has 4 nitrogen and oxygen atoms in total. The minimum absolute atomic E-state index is 0.257. The van der Waals surface area contributed by atoms with Crippen LogP contribution in [0.1, 0.15) is 16.6 Å². The lowest BCUT2D eigenvalue weighted by molar-refractivity contribution is 0.765. The Labute approximate surface area is 113 Å². The summed E-state index contributed by atoms with van der Waals surface area (Å²) in [7, 11) is 1.87. The number of thiazole rings is 1. The van der Waals surface area contributed by atoms with Gasteiger partial charge in [-0.1, -0.05) is 17.7 Å². The van der Waals surface area contributed by atoms with Crippen LogP contribution in [0.3, 0.4) is 0 Å². The summed E-state index contributed by atoms with van der Waals surface area (Å²) in [4.78, 5) is 4.53. The molecule has 1 aromatic carbocycles. The van der Waals surface area contributed by atoms with Gasteiger partial charge in [-0.15, -0.1) is 11.3 Å². The number of hydrogen-bond donors (Lipinski definition) is 1. The highest BCUT2D eigenvalue weighted by molar-refractivity contribution is 7.19. The number of benzene rings is 1. The van der Waals surface area contributed by atoms with Gasteiger partial charge in [0.2, 0.25) is 0 Å². The lowest BCUT2D eigenvalue weighted by Crippen LogP contribution is -2.10. The molecule has 1 atom stereocenters. The average Bonchev–Trinajstić information content (AvgIpc) is 2.95. The molecule has 0 spiro atoms. The van der Waals surface area contributed by atoms with E-state index in [1.807, 2.05) is 31.4 Å². The maximum Gasteiger partial charge on any atom is 0.115 e. The van der Waals surface area contributed by atoms with Crippen molar-refractivity contribution < 1.29 is 0 Å². The van der Waals surface area contributed by atoms with Crippen LogP contribution in [-0.4, -0.2) is 14.8 Å². The Bertz CT molecular complexity index is 703. The smallest absolute Gasteiger partial charge is 0.115 e. The number of rotatable bonds is 2. The fourth-order valence-corrected chi connectivity index (χ4v) is 3.09. The Balaban J connectivity index is 2.06. The van der Waals surface area contributed by atoms with Crippen molar-refractivity contribution in [2.24, 2.45) is 12.8 Å². The molecule has 0 amide bonds. The van der Waals surface area contributed by atoms with Crippen molar-refractivity contribution in [3.05, 3.63) is 46.2 Å². The normalized spacial score (nSPS) is 13.1. The second-order valence-corrected chi connectivity index (χ2v) is 5.50. The summed E-state index contributed by atoms with van der Waals surface area (Å²) in [5, 5.41) is 5.69. The molecule has 2 aromatic heterocycles. The summed E-state index contributed by atoms with van der Waals surface area (Å²) in [5.41, 5.74) is 8.04. The van der Waals surface area contributed by atoms with E-state index in [4.69, 9.17) is 17.3 Å². The van der Waals surface area contributed by atoms with E-state index in [1.54, 1.807) is 10.9 Å². The summed E-state index contributed by atoms with van der Waals surface area (Å²) < 4.78 is 2.71. The predicted octanol–water partition coefficient (Wildman–Crippen LogP) is 2.73. The summed E-state index contributed by atoms with van der Waals surface area (Å²) in [6.07, 6.45) is 3.66. The Morgan fingerprint density at radius 3 is 2.94 bits per heavy atom. The number of halogens is 1. The van der Waals surface area contributed by atoms with Crippen molar-refractivity contribution in [1.29, 1.82) is 0 Å². The van der Waals surface area contributed by atoms with Gasteiger partial charge in [0.25, 0.3) is 0 Å². The second kappa shape index (κ2) is 4.35.